The molecule has 1 aliphatic carbocycles. The number of ether oxygens (including phenoxy) is 1. The van der Waals surface area contributed by atoms with Gasteiger partial charge >= 0.3 is 0 Å². The Kier molecular flexibility index (Phi) is 6.65. The van der Waals surface area contributed by atoms with E-state index in [4.69, 9.17) is 10.5 Å². The van der Waals surface area contributed by atoms with Gasteiger partial charge in [-0.15, -0.1) is 0 Å². The van der Waals surface area contributed by atoms with Crippen LogP contribution in [0.25, 0.3) is 0 Å². The monoisotopic (exact) mass is 256 g/mol. The first-order valence-corrected chi connectivity index (χ1v) is 7.20. The summed E-state index contributed by atoms with van der Waals surface area (Å²) in [4.78, 5) is 12.0. The summed E-state index contributed by atoms with van der Waals surface area (Å²) in [6.07, 6.45) is 6.54. The summed E-state index contributed by atoms with van der Waals surface area (Å²) in [5.74, 6) is 0.119. The molecule has 0 spiro atoms. The number of hydrogen-bond acceptors (Lipinski definition) is 3. The van der Waals surface area contributed by atoms with Gasteiger partial charge in [-0.1, -0.05) is 19.3 Å². The average molecular weight is 256 g/mol. The second kappa shape index (κ2) is 7.74. The maximum atomic E-state index is 12.0. The Hall–Kier alpha value is -0.610. The zero-order chi connectivity index (χ0) is 13.4. The molecule has 1 rings (SSSR count). The van der Waals surface area contributed by atoms with E-state index >= 15 is 0 Å². The van der Waals surface area contributed by atoms with E-state index in [1.54, 1.807) is 0 Å². The SMILES string of the molecule is CCOC(C)CNC(=O)CC1(CN)CCCCC1. The number of carbonyl (C=O) groups excluding carboxylic acids is 1. The van der Waals surface area contributed by atoms with Crippen LogP contribution < -0.4 is 11.1 Å². The third-order valence-electron chi connectivity index (χ3n) is 3.92. The van der Waals surface area contributed by atoms with Crippen molar-refractivity contribution in [1.29, 1.82) is 0 Å². The molecular formula is C14H28N2O2. The molecule has 1 aliphatic rings. The normalized spacial score (nSPS) is 20.4. The first kappa shape index (κ1) is 15.4. The summed E-state index contributed by atoms with van der Waals surface area (Å²) < 4.78 is 5.39. The zero-order valence-corrected chi connectivity index (χ0v) is 11.8. The van der Waals surface area contributed by atoms with E-state index in [1.165, 1.54) is 19.3 Å². The summed E-state index contributed by atoms with van der Waals surface area (Å²) >= 11 is 0. The molecule has 1 unspecified atom stereocenters. The quantitative estimate of drug-likeness (QED) is 0.730. The molecule has 1 fully saturated rings. The van der Waals surface area contributed by atoms with Gasteiger partial charge in [0.2, 0.25) is 5.91 Å². The minimum Gasteiger partial charge on any atom is -0.377 e. The molecule has 0 aromatic carbocycles. The third-order valence-corrected chi connectivity index (χ3v) is 3.92. The van der Waals surface area contributed by atoms with Crippen molar-refractivity contribution in [1.82, 2.24) is 5.32 Å². The second-order valence-electron chi connectivity index (χ2n) is 5.51. The van der Waals surface area contributed by atoms with Gasteiger partial charge in [-0.25, -0.2) is 0 Å². The molecule has 0 aromatic heterocycles. The van der Waals surface area contributed by atoms with Gasteiger partial charge in [0.05, 0.1) is 6.10 Å². The van der Waals surface area contributed by atoms with Crippen LogP contribution in [0.1, 0.15) is 52.4 Å². The van der Waals surface area contributed by atoms with Gasteiger partial charge in [0.15, 0.2) is 0 Å². The van der Waals surface area contributed by atoms with Crippen LogP contribution in [0.5, 0.6) is 0 Å². The van der Waals surface area contributed by atoms with Crippen LogP contribution in [0.2, 0.25) is 0 Å². The lowest BCUT2D eigenvalue weighted by Gasteiger charge is -2.35. The highest BCUT2D eigenvalue weighted by molar-refractivity contribution is 5.76. The molecule has 4 heteroatoms. The molecule has 0 aliphatic heterocycles. The standard InChI is InChI=1S/C14H28N2O2/c1-3-18-12(2)10-16-13(17)9-14(11-15)7-5-4-6-8-14/h12H,3-11,15H2,1-2H3,(H,16,17). The lowest BCUT2D eigenvalue weighted by Crippen LogP contribution is -2.40. The molecule has 1 saturated carbocycles. The Bertz CT molecular complexity index is 250. The van der Waals surface area contributed by atoms with Crippen molar-refractivity contribution in [3.05, 3.63) is 0 Å². The molecule has 1 atom stereocenters. The Balaban J connectivity index is 2.33. The highest BCUT2D eigenvalue weighted by Gasteiger charge is 2.32. The van der Waals surface area contributed by atoms with E-state index in [1.807, 2.05) is 13.8 Å². The van der Waals surface area contributed by atoms with Crippen molar-refractivity contribution in [3.63, 3.8) is 0 Å². The molecular weight excluding hydrogens is 228 g/mol. The smallest absolute Gasteiger partial charge is 0.220 e. The minimum atomic E-state index is 0.0528. The van der Waals surface area contributed by atoms with Crippen LogP contribution in [0.4, 0.5) is 0 Å². The lowest BCUT2D eigenvalue weighted by atomic mass is 9.71. The fourth-order valence-electron chi connectivity index (χ4n) is 2.76. The highest BCUT2D eigenvalue weighted by Crippen LogP contribution is 2.38. The van der Waals surface area contributed by atoms with Crippen LogP contribution >= 0.6 is 0 Å². The number of nitrogens with two attached hydrogens (primary N) is 1. The largest absolute Gasteiger partial charge is 0.377 e. The van der Waals surface area contributed by atoms with Crippen LogP contribution in [-0.2, 0) is 9.53 Å². The Morgan fingerprint density at radius 3 is 2.61 bits per heavy atom. The third kappa shape index (κ3) is 4.94. The Labute approximate surface area is 111 Å². The predicted molar refractivity (Wildman–Crippen MR) is 73.3 cm³/mol. The van der Waals surface area contributed by atoms with Gasteiger partial charge in [0.25, 0.3) is 0 Å². The molecule has 106 valence electrons. The van der Waals surface area contributed by atoms with E-state index < -0.39 is 0 Å². The first-order chi connectivity index (χ1) is 8.62. The topological polar surface area (TPSA) is 64.3 Å². The first-order valence-electron chi connectivity index (χ1n) is 7.20. The second-order valence-corrected chi connectivity index (χ2v) is 5.51. The molecule has 0 aromatic rings. The van der Waals surface area contributed by atoms with Crippen molar-refractivity contribution in [2.24, 2.45) is 11.1 Å². The number of amides is 1. The maximum Gasteiger partial charge on any atom is 0.220 e. The fourth-order valence-corrected chi connectivity index (χ4v) is 2.76. The average Bonchev–Trinajstić information content (AvgIpc) is 2.38. The van der Waals surface area contributed by atoms with E-state index in [0.717, 1.165) is 12.8 Å². The van der Waals surface area contributed by atoms with Crippen LogP contribution in [0, 0.1) is 5.41 Å². The van der Waals surface area contributed by atoms with Crippen molar-refractivity contribution in [2.75, 3.05) is 19.7 Å². The van der Waals surface area contributed by atoms with Gasteiger partial charge in [-0.2, -0.15) is 0 Å². The van der Waals surface area contributed by atoms with Gasteiger partial charge in [-0.05, 0) is 38.6 Å². The predicted octanol–water partition coefficient (Wildman–Crippen LogP) is 1.83. The molecule has 0 bridgehead atoms. The Morgan fingerprint density at radius 2 is 2.06 bits per heavy atom. The summed E-state index contributed by atoms with van der Waals surface area (Å²) in [5, 5.41) is 2.95. The maximum absolute atomic E-state index is 12.0. The number of rotatable bonds is 7. The fraction of sp³-hybridized carbons (Fsp3) is 0.929. The van der Waals surface area contributed by atoms with Crippen molar-refractivity contribution < 1.29 is 9.53 Å². The van der Waals surface area contributed by atoms with Crippen LogP contribution in [-0.4, -0.2) is 31.7 Å². The van der Waals surface area contributed by atoms with Crippen molar-refractivity contribution >= 4 is 5.91 Å². The zero-order valence-electron chi connectivity index (χ0n) is 11.8. The molecule has 0 radical (unpaired) electrons. The molecule has 1 amide bonds. The van der Waals surface area contributed by atoms with Gasteiger partial charge < -0.3 is 15.8 Å². The molecule has 4 nitrogen and oxygen atoms in total. The van der Waals surface area contributed by atoms with Crippen molar-refractivity contribution in [2.45, 2.75) is 58.5 Å². The molecule has 0 saturated heterocycles. The minimum absolute atomic E-state index is 0.0528. The summed E-state index contributed by atoms with van der Waals surface area (Å²) in [5.41, 5.74) is 5.94. The van der Waals surface area contributed by atoms with E-state index in [-0.39, 0.29) is 17.4 Å². The van der Waals surface area contributed by atoms with Crippen molar-refractivity contribution in [3.8, 4) is 0 Å². The van der Waals surface area contributed by atoms with Gasteiger partial charge in [0, 0.05) is 19.6 Å². The highest BCUT2D eigenvalue weighted by atomic mass is 16.5. The number of carbonyl (C=O) groups is 1. The Morgan fingerprint density at radius 1 is 1.39 bits per heavy atom. The number of hydrogen-bond donors (Lipinski definition) is 2. The summed E-state index contributed by atoms with van der Waals surface area (Å²) in [6, 6.07) is 0. The van der Waals surface area contributed by atoms with Crippen LogP contribution in [0.3, 0.4) is 0 Å². The molecule has 3 N–H and O–H groups in total. The summed E-state index contributed by atoms with van der Waals surface area (Å²) in [7, 11) is 0. The van der Waals surface area contributed by atoms with E-state index in [9.17, 15) is 4.79 Å². The molecule has 0 heterocycles. The van der Waals surface area contributed by atoms with Crippen LogP contribution in [0.15, 0.2) is 0 Å². The van der Waals surface area contributed by atoms with Gasteiger partial charge in [0.1, 0.15) is 0 Å². The summed E-state index contributed by atoms with van der Waals surface area (Å²) in [6.45, 7) is 5.84. The van der Waals surface area contributed by atoms with E-state index in [0.29, 0.717) is 26.1 Å². The molecule has 18 heavy (non-hydrogen) atoms. The van der Waals surface area contributed by atoms with Gasteiger partial charge in [-0.3, -0.25) is 4.79 Å². The lowest BCUT2D eigenvalue weighted by molar-refractivity contribution is -0.124. The number of nitrogens with one attached hydrogen (secondary N) is 1. The van der Waals surface area contributed by atoms with E-state index in [2.05, 4.69) is 5.32 Å².